The van der Waals surface area contributed by atoms with Gasteiger partial charge in [0.05, 0.1) is 5.39 Å². The van der Waals surface area contributed by atoms with E-state index in [-0.39, 0.29) is 23.2 Å². The van der Waals surface area contributed by atoms with Crippen molar-refractivity contribution in [3.8, 4) is 17.2 Å². The van der Waals surface area contributed by atoms with Crippen molar-refractivity contribution in [2.75, 3.05) is 11.9 Å². The van der Waals surface area contributed by atoms with Crippen LogP contribution < -0.4 is 20.2 Å². The van der Waals surface area contributed by atoms with E-state index in [4.69, 9.17) is 37.1 Å². The fraction of sp³-hybridized carbons (Fsp3) is 0.185. The zero-order valence-electron chi connectivity index (χ0n) is 19.4. The number of anilines is 1. The lowest BCUT2D eigenvalue weighted by molar-refractivity contribution is -0.118. The standard InChI is InChI=1S/C27H23Cl2NO5/c1-27(2,3)16-4-6-20(7-5-16)35-24-14-34-23-13-21(8-9-22(23)26(24)32)33-15-25(31)30-19-11-17(28)10-18(29)12-19/h4-14H,15H2,1-3H3,(H,30,31). The molecule has 0 aliphatic rings. The summed E-state index contributed by atoms with van der Waals surface area (Å²) in [6.45, 7) is 6.12. The Bertz CT molecular complexity index is 1420. The number of carbonyl (C=O) groups excluding carboxylic acids is 1. The molecule has 1 amide bonds. The van der Waals surface area contributed by atoms with Crippen LogP contribution in [0.3, 0.4) is 0 Å². The molecule has 0 saturated carbocycles. The first-order valence-corrected chi connectivity index (χ1v) is 11.6. The first-order chi connectivity index (χ1) is 16.6. The quantitative estimate of drug-likeness (QED) is 0.296. The van der Waals surface area contributed by atoms with Gasteiger partial charge in [0.15, 0.2) is 6.61 Å². The molecule has 0 fully saturated rings. The second-order valence-corrected chi connectivity index (χ2v) is 9.83. The molecule has 0 atom stereocenters. The fourth-order valence-corrected chi connectivity index (χ4v) is 3.90. The highest BCUT2D eigenvalue weighted by atomic mass is 35.5. The van der Waals surface area contributed by atoms with Crippen LogP contribution in [-0.2, 0) is 10.2 Å². The monoisotopic (exact) mass is 511 g/mol. The largest absolute Gasteiger partial charge is 0.484 e. The number of halogens is 2. The van der Waals surface area contributed by atoms with Gasteiger partial charge in [0, 0.05) is 21.8 Å². The Labute approximate surface area is 212 Å². The molecular weight excluding hydrogens is 489 g/mol. The van der Waals surface area contributed by atoms with Crippen LogP contribution in [0.4, 0.5) is 5.69 Å². The normalized spacial score (nSPS) is 11.3. The van der Waals surface area contributed by atoms with Gasteiger partial charge in [-0.3, -0.25) is 9.59 Å². The average molecular weight is 512 g/mol. The summed E-state index contributed by atoms with van der Waals surface area (Å²) in [7, 11) is 0. The zero-order chi connectivity index (χ0) is 25.2. The maximum Gasteiger partial charge on any atom is 0.262 e. The molecule has 0 spiro atoms. The van der Waals surface area contributed by atoms with E-state index in [9.17, 15) is 9.59 Å². The SMILES string of the molecule is CC(C)(C)c1ccc(Oc2coc3cc(OCC(=O)Nc4cc(Cl)cc(Cl)c4)ccc3c2=O)cc1. The van der Waals surface area contributed by atoms with Crippen LogP contribution in [-0.4, -0.2) is 12.5 Å². The lowest BCUT2D eigenvalue weighted by Crippen LogP contribution is -2.20. The molecular formula is C27H23Cl2NO5. The highest BCUT2D eigenvalue weighted by Gasteiger charge is 2.15. The number of carbonyl (C=O) groups is 1. The van der Waals surface area contributed by atoms with E-state index in [1.807, 2.05) is 24.3 Å². The molecule has 35 heavy (non-hydrogen) atoms. The molecule has 0 bridgehead atoms. The Balaban J connectivity index is 1.44. The van der Waals surface area contributed by atoms with Crippen molar-refractivity contribution in [2.24, 2.45) is 0 Å². The van der Waals surface area contributed by atoms with Gasteiger partial charge in [0.25, 0.3) is 5.91 Å². The Morgan fingerprint density at radius 2 is 1.60 bits per heavy atom. The number of rotatable bonds is 6. The minimum absolute atomic E-state index is 0.0178. The fourth-order valence-electron chi connectivity index (χ4n) is 3.37. The second kappa shape index (κ2) is 10.0. The van der Waals surface area contributed by atoms with E-state index in [0.29, 0.717) is 38.2 Å². The Morgan fingerprint density at radius 3 is 2.26 bits per heavy atom. The number of ether oxygens (including phenoxy) is 2. The van der Waals surface area contributed by atoms with Crippen LogP contribution in [0.5, 0.6) is 17.2 Å². The van der Waals surface area contributed by atoms with Crippen LogP contribution in [0.15, 0.2) is 76.1 Å². The predicted molar refractivity (Wildman–Crippen MR) is 138 cm³/mol. The van der Waals surface area contributed by atoms with Gasteiger partial charge < -0.3 is 19.2 Å². The van der Waals surface area contributed by atoms with E-state index in [1.165, 1.54) is 6.26 Å². The molecule has 0 radical (unpaired) electrons. The van der Waals surface area contributed by atoms with Crippen molar-refractivity contribution in [1.29, 1.82) is 0 Å². The summed E-state index contributed by atoms with van der Waals surface area (Å²) < 4.78 is 16.9. The predicted octanol–water partition coefficient (Wildman–Crippen LogP) is 7.21. The van der Waals surface area contributed by atoms with Crippen LogP contribution >= 0.6 is 23.2 Å². The maximum atomic E-state index is 12.9. The molecule has 6 nitrogen and oxygen atoms in total. The summed E-state index contributed by atoms with van der Waals surface area (Å²) in [6, 6.07) is 17.0. The van der Waals surface area contributed by atoms with Crippen molar-refractivity contribution < 1.29 is 18.7 Å². The van der Waals surface area contributed by atoms with Gasteiger partial charge in [0.2, 0.25) is 11.2 Å². The van der Waals surface area contributed by atoms with Gasteiger partial charge in [-0.2, -0.15) is 0 Å². The summed E-state index contributed by atoms with van der Waals surface area (Å²) in [5.41, 5.74) is 1.64. The van der Waals surface area contributed by atoms with E-state index in [1.54, 1.807) is 36.4 Å². The van der Waals surface area contributed by atoms with Gasteiger partial charge in [-0.15, -0.1) is 0 Å². The van der Waals surface area contributed by atoms with E-state index < -0.39 is 5.91 Å². The summed E-state index contributed by atoms with van der Waals surface area (Å²) in [5, 5.41) is 3.80. The molecule has 180 valence electrons. The summed E-state index contributed by atoms with van der Waals surface area (Å²) in [4.78, 5) is 25.1. The van der Waals surface area contributed by atoms with Crippen LogP contribution in [0, 0.1) is 0 Å². The van der Waals surface area contributed by atoms with Crippen molar-refractivity contribution in [2.45, 2.75) is 26.2 Å². The number of hydrogen-bond donors (Lipinski definition) is 1. The molecule has 1 aromatic heterocycles. The summed E-state index contributed by atoms with van der Waals surface area (Å²) in [5.74, 6) is 0.586. The van der Waals surface area contributed by atoms with Crippen LogP contribution in [0.2, 0.25) is 10.0 Å². The first-order valence-electron chi connectivity index (χ1n) is 10.8. The molecule has 1 heterocycles. The number of fused-ring (bicyclic) bond motifs is 1. The van der Waals surface area contributed by atoms with E-state index in [2.05, 4.69) is 26.1 Å². The van der Waals surface area contributed by atoms with Gasteiger partial charge in [-0.05, 0) is 53.4 Å². The van der Waals surface area contributed by atoms with Gasteiger partial charge >= 0.3 is 0 Å². The van der Waals surface area contributed by atoms with Crippen molar-refractivity contribution in [3.05, 3.63) is 92.8 Å². The molecule has 1 N–H and O–H groups in total. The number of nitrogens with one attached hydrogen (secondary N) is 1. The lowest BCUT2D eigenvalue weighted by atomic mass is 9.87. The summed E-state index contributed by atoms with van der Waals surface area (Å²) in [6.07, 6.45) is 1.27. The lowest BCUT2D eigenvalue weighted by Gasteiger charge is -2.19. The third-order valence-electron chi connectivity index (χ3n) is 5.18. The second-order valence-electron chi connectivity index (χ2n) is 8.96. The van der Waals surface area contributed by atoms with Crippen molar-refractivity contribution >= 4 is 45.8 Å². The Hall–Kier alpha value is -3.48. The minimum Gasteiger partial charge on any atom is -0.484 e. The first kappa shape index (κ1) is 24.6. The number of amides is 1. The van der Waals surface area contributed by atoms with Gasteiger partial charge in [-0.25, -0.2) is 0 Å². The molecule has 0 aliphatic heterocycles. The van der Waals surface area contributed by atoms with Crippen molar-refractivity contribution in [1.82, 2.24) is 0 Å². The van der Waals surface area contributed by atoms with E-state index >= 15 is 0 Å². The van der Waals surface area contributed by atoms with Crippen molar-refractivity contribution in [3.63, 3.8) is 0 Å². The smallest absolute Gasteiger partial charge is 0.262 e. The Morgan fingerprint density at radius 1 is 0.943 bits per heavy atom. The molecule has 4 rings (SSSR count). The summed E-state index contributed by atoms with van der Waals surface area (Å²) >= 11 is 11.9. The zero-order valence-corrected chi connectivity index (χ0v) is 20.9. The minimum atomic E-state index is -0.397. The van der Waals surface area contributed by atoms with Crippen LogP contribution in [0.1, 0.15) is 26.3 Å². The highest BCUT2D eigenvalue weighted by Crippen LogP contribution is 2.28. The molecule has 0 saturated heterocycles. The third-order valence-corrected chi connectivity index (χ3v) is 5.62. The average Bonchev–Trinajstić information content (AvgIpc) is 2.78. The molecule has 4 aromatic rings. The van der Waals surface area contributed by atoms with Crippen LogP contribution in [0.25, 0.3) is 11.0 Å². The van der Waals surface area contributed by atoms with Gasteiger partial charge in [0.1, 0.15) is 23.3 Å². The number of benzene rings is 3. The number of hydrogen-bond acceptors (Lipinski definition) is 5. The molecule has 0 aliphatic carbocycles. The molecule has 3 aromatic carbocycles. The molecule has 0 unspecified atom stereocenters. The Kier molecular flexibility index (Phi) is 7.05. The third kappa shape index (κ3) is 6.15. The molecule has 8 heteroatoms. The topological polar surface area (TPSA) is 77.8 Å². The van der Waals surface area contributed by atoms with E-state index in [0.717, 1.165) is 5.56 Å². The van der Waals surface area contributed by atoms with Gasteiger partial charge in [-0.1, -0.05) is 56.1 Å². The highest BCUT2D eigenvalue weighted by molar-refractivity contribution is 6.35. The maximum absolute atomic E-state index is 12.9.